The lowest BCUT2D eigenvalue weighted by Crippen LogP contribution is -2.37. The van der Waals surface area contributed by atoms with Crippen LogP contribution in [0.3, 0.4) is 0 Å². The highest BCUT2D eigenvalue weighted by atomic mass is 16.6. The number of carbonyl (C=O) groups is 2. The van der Waals surface area contributed by atoms with Gasteiger partial charge in [-0.25, -0.2) is 4.79 Å². The Kier molecular flexibility index (Phi) is 3.36. The van der Waals surface area contributed by atoms with Crippen LogP contribution in [0, 0.1) is 11.3 Å². The molecule has 2 aliphatic rings. The average Bonchev–Trinajstić information content (AvgIpc) is 3.16. The molecule has 104 valence electrons. The van der Waals surface area contributed by atoms with Crippen LogP contribution in [0.25, 0.3) is 0 Å². The van der Waals surface area contributed by atoms with Gasteiger partial charge in [0.25, 0.3) is 0 Å². The van der Waals surface area contributed by atoms with E-state index >= 15 is 0 Å². The van der Waals surface area contributed by atoms with E-state index in [-0.39, 0.29) is 17.6 Å². The quantitative estimate of drug-likeness (QED) is 0.339. The number of aliphatic hydroxyl groups is 1. The van der Waals surface area contributed by atoms with Gasteiger partial charge in [0, 0.05) is 5.92 Å². The van der Waals surface area contributed by atoms with Gasteiger partial charge in [-0.3, -0.25) is 4.79 Å². The van der Waals surface area contributed by atoms with Gasteiger partial charge < -0.3 is 19.3 Å². The first-order chi connectivity index (χ1) is 8.96. The summed E-state index contributed by atoms with van der Waals surface area (Å²) in [5.74, 6) is -1.47. The maximum Gasteiger partial charge on any atom is 0.372 e. The van der Waals surface area contributed by atoms with E-state index in [0.717, 1.165) is 0 Å². The van der Waals surface area contributed by atoms with Crippen LogP contribution in [-0.4, -0.2) is 43.5 Å². The molecule has 1 saturated carbocycles. The summed E-state index contributed by atoms with van der Waals surface area (Å²) >= 11 is 0. The largest absolute Gasteiger partial charge is 0.480 e. The topological polar surface area (TPSA) is 82.1 Å². The van der Waals surface area contributed by atoms with Gasteiger partial charge in [0.15, 0.2) is 5.76 Å². The molecule has 2 aliphatic carbocycles. The molecule has 1 fully saturated rings. The molecule has 0 unspecified atom stereocenters. The van der Waals surface area contributed by atoms with Crippen molar-refractivity contribution in [3.63, 3.8) is 0 Å². The Bertz CT molecular complexity index is 454. The monoisotopic (exact) mass is 268 g/mol. The van der Waals surface area contributed by atoms with Gasteiger partial charge in [0.2, 0.25) is 0 Å². The van der Waals surface area contributed by atoms with Crippen molar-refractivity contribution < 1.29 is 28.9 Å². The molecule has 0 radical (unpaired) electrons. The van der Waals surface area contributed by atoms with E-state index < -0.39 is 23.6 Å². The van der Waals surface area contributed by atoms with Crippen LogP contribution in [0.5, 0.6) is 0 Å². The van der Waals surface area contributed by atoms with Crippen LogP contribution >= 0.6 is 0 Å². The normalized spacial score (nSPS) is 35.0. The summed E-state index contributed by atoms with van der Waals surface area (Å²) < 4.78 is 14.6. The van der Waals surface area contributed by atoms with Crippen molar-refractivity contribution in [2.24, 2.45) is 11.3 Å². The molecule has 0 spiro atoms. The Hall–Kier alpha value is -1.82. The Balaban J connectivity index is 2.11. The maximum absolute atomic E-state index is 11.7. The lowest BCUT2D eigenvalue weighted by molar-refractivity contribution is -0.147. The van der Waals surface area contributed by atoms with Crippen molar-refractivity contribution in [2.75, 3.05) is 14.2 Å². The van der Waals surface area contributed by atoms with Crippen molar-refractivity contribution in [3.05, 3.63) is 24.5 Å². The number of carbonyl (C=O) groups excluding carboxylic acids is 2. The zero-order chi connectivity index (χ0) is 14.2. The van der Waals surface area contributed by atoms with Crippen molar-refractivity contribution >= 4 is 11.9 Å². The van der Waals surface area contributed by atoms with E-state index in [9.17, 15) is 14.7 Å². The number of hydrogen-bond donors (Lipinski definition) is 1. The summed E-state index contributed by atoms with van der Waals surface area (Å²) in [4.78, 5) is 23.0. The van der Waals surface area contributed by atoms with Crippen LogP contribution in [0.4, 0.5) is 0 Å². The standard InChI is InChI=1S/C13H16O6/c1-7(11(15)17-2)19-10-8-6-13(8,12(16)18-3)5-4-9(10)14/h4-5,8-10,14H,1,6H2,2-3H3/t8-,9+,10+,13+/m0/s1. The van der Waals surface area contributed by atoms with Gasteiger partial charge in [-0.2, -0.15) is 0 Å². The average molecular weight is 268 g/mol. The SMILES string of the molecule is C=C(O[C@H]1[C@H](O)C=C[C@@]2(C(=O)OC)C[C@@H]12)C(=O)OC. The predicted octanol–water partition coefficient (Wildman–Crippen LogP) is 0.168. The molecular weight excluding hydrogens is 252 g/mol. The van der Waals surface area contributed by atoms with E-state index in [2.05, 4.69) is 11.3 Å². The molecule has 6 heteroatoms. The Morgan fingerprint density at radius 1 is 1.37 bits per heavy atom. The summed E-state index contributed by atoms with van der Waals surface area (Å²) in [5, 5.41) is 9.88. The fourth-order valence-corrected chi connectivity index (χ4v) is 2.49. The molecule has 0 saturated heterocycles. The van der Waals surface area contributed by atoms with Crippen LogP contribution in [0.1, 0.15) is 6.42 Å². The van der Waals surface area contributed by atoms with E-state index in [1.165, 1.54) is 20.3 Å². The van der Waals surface area contributed by atoms with E-state index in [4.69, 9.17) is 9.47 Å². The highest BCUT2D eigenvalue weighted by molar-refractivity contribution is 5.86. The predicted molar refractivity (Wildman–Crippen MR) is 63.7 cm³/mol. The minimum Gasteiger partial charge on any atom is -0.480 e. The van der Waals surface area contributed by atoms with Crippen LogP contribution in [0.2, 0.25) is 0 Å². The molecular formula is C13H16O6. The third-order valence-electron chi connectivity index (χ3n) is 3.64. The Morgan fingerprint density at radius 2 is 2.05 bits per heavy atom. The first-order valence-electron chi connectivity index (χ1n) is 5.86. The van der Waals surface area contributed by atoms with Crippen LogP contribution in [-0.2, 0) is 23.8 Å². The molecule has 2 rings (SSSR count). The molecule has 0 aliphatic heterocycles. The Labute approximate surface area is 110 Å². The molecule has 0 aromatic heterocycles. The Morgan fingerprint density at radius 3 is 2.63 bits per heavy atom. The first-order valence-corrected chi connectivity index (χ1v) is 5.86. The second kappa shape index (κ2) is 4.70. The van der Waals surface area contributed by atoms with Gasteiger partial charge in [0.1, 0.15) is 12.2 Å². The molecule has 19 heavy (non-hydrogen) atoms. The number of fused-ring (bicyclic) bond motifs is 1. The summed E-state index contributed by atoms with van der Waals surface area (Å²) in [6.45, 7) is 3.45. The van der Waals surface area contributed by atoms with Gasteiger partial charge >= 0.3 is 11.9 Å². The fraction of sp³-hybridized carbons (Fsp3) is 0.538. The summed E-state index contributed by atoms with van der Waals surface area (Å²) in [6, 6.07) is 0. The first kappa shape index (κ1) is 13.6. The van der Waals surface area contributed by atoms with E-state index in [1.54, 1.807) is 6.08 Å². The van der Waals surface area contributed by atoms with Crippen molar-refractivity contribution in [2.45, 2.75) is 18.6 Å². The van der Waals surface area contributed by atoms with Gasteiger partial charge in [0.05, 0.1) is 19.6 Å². The third kappa shape index (κ3) is 2.12. The van der Waals surface area contributed by atoms with Gasteiger partial charge in [-0.1, -0.05) is 12.2 Å². The van der Waals surface area contributed by atoms with Crippen molar-refractivity contribution in [1.29, 1.82) is 0 Å². The number of aliphatic hydroxyl groups excluding tert-OH is 1. The second-order valence-electron chi connectivity index (χ2n) is 4.69. The molecule has 0 heterocycles. The zero-order valence-corrected chi connectivity index (χ0v) is 10.8. The molecule has 0 aromatic rings. The maximum atomic E-state index is 11.7. The highest BCUT2D eigenvalue weighted by Crippen LogP contribution is 2.60. The van der Waals surface area contributed by atoms with E-state index in [1.807, 2.05) is 0 Å². The van der Waals surface area contributed by atoms with Crippen molar-refractivity contribution in [1.82, 2.24) is 0 Å². The number of methoxy groups -OCH3 is 2. The molecule has 6 nitrogen and oxygen atoms in total. The number of hydrogen-bond acceptors (Lipinski definition) is 6. The van der Waals surface area contributed by atoms with Gasteiger partial charge in [-0.15, -0.1) is 0 Å². The molecule has 0 aromatic carbocycles. The minimum atomic E-state index is -0.897. The second-order valence-corrected chi connectivity index (χ2v) is 4.69. The highest BCUT2D eigenvalue weighted by Gasteiger charge is 2.66. The molecule has 0 amide bonds. The lowest BCUT2D eigenvalue weighted by atomic mass is 9.91. The van der Waals surface area contributed by atoms with Crippen LogP contribution < -0.4 is 0 Å². The number of ether oxygens (including phenoxy) is 3. The molecule has 0 bridgehead atoms. The van der Waals surface area contributed by atoms with Gasteiger partial charge in [-0.05, 0) is 13.0 Å². The summed E-state index contributed by atoms with van der Waals surface area (Å²) in [6.07, 6.45) is 2.05. The molecule has 4 atom stereocenters. The third-order valence-corrected chi connectivity index (χ3v) is 3.64. The van der Waals surface area contributed by atoms with Crippen LogP contribution in [0.15, 0.2) is 24.5 Å². The minimum absolute atomic E-state index is 0.187. The fourth-order valence-electron chi connectivity index (χ4n) is 2.49. The zero-order valence-electron chi connectivity index (χ0n) is 10.8. The van der Waals surface area contributed by atoms with Crippen molar-refractivity contribution in [3.8, 4) is 0 Å². The van der Waals surface area contributed by atoms with E-state index in [0.29, 0.717) is 6.42 Å². The number of rotatable bonds is 4. The lowest BCUT2D eigenvalue weighted by Gasteiger charge is -2.27. The number of esters is 2. The summed E-state index contributed by atoms with van der Waals surface area (Å²) in [7, 11) is 2.53. The summed E-state index contributed by atoms with van der Waals surface area (Å²) in [5.41, 5.74) is -0.741. The smallest absolute Gasteiger partial charge is 0.372 e. The molecule has 1 N–H and O–H groups in total.